The summed E-state index contributed by atoms with van der Waals surface area (Å²) in [7, 11) is -3.81. The minimum Gasteiger partial charge on any atom is -0.462 e. The molecule has 0 saturated heterocycles. The van der Waals surface area contributed by atoms with Crippen LogP contribution in [0.15, 0.2) is 35.2 Å². The molecule has 0 bridgehead atoms. The quantitative estimate of drug-likeness (QED) is 0.756. The molecule has 0 saturated carbocycles. The molecule has 0 radical (unpaired) electrons. The van der Waals surface area contributed by atoms with Crippen LogP contribution < -0.4 is 5.32 Å². The zero-order chi connectivity index (χ0) is 19.3. The second-order valence-corrected chi connectivity index (χ2v) is 8.22. The van der Waals surface area contributed by atoms with E-state index in [1.54, 1.807) is 32.0 Å². The van der Waals surface area contributed by atoms with Gasteiger partial charge in [-0.3, -0.25) is 4.79 Å². The van der Waals surface area contributed by atoms with Crippen molar-refractivity contribution in [3.05, 3.63) is 46.3 Å². The summed E-state index contributed by atoms with van der Waals surface area (Å²) in [5.74, 6) is -2.15. The van der Waals surface area contributed by atoms with E-state index < -0.39 is 27.5 Å². The molecule has 7 nitrogen and oxygen atoms in total. The number of rotatable bonds is 6. The molecule has 0 spiro atoms. The molecular formula is C17H16N2O5S2. The van der Waals surface area contributed by atoms with E-state index in [0.29, 0.717) is 5.56 Å². The number of sulfone groups is 1. The Morgan fingerprint density at radius 2 is 1.92 bits per heavy atom. The van der Waals surface area contributed by atoms with Crippen LogP contribution >= 0.6 is 11.3 Å². The standard InChI is InChI=1S/C17H16N2O5S2/c1-3-24-17(21)15-11(2)13(9-18)16(25-15)19-14(20)10-26(22,23)12-7-5-4-6-8-12/h4-8H,3,10H2,1-2H3,(H,19,20). The SMILES string of the molecule is CCOC(=O)c1sc(NC(=O)CS(=O)(=O)c2ccccc2)c(C#N)c1C. The van der Waals surface area contributed by atoms with Crippen molar-refractivity contribution in [3.63, 3.8) is 0 Å². The molecule has 1 heterocycles. The molecule has 0 unspecified atom stereocenters. The molecule has 1 N–H and O–H groups in total. The summed E-state index contributed by atoms with van der Waals surface area (Å²) in [5.41, 5.74) is 0.501. The third kappa shape index (κ3) is 4.28. The summed E-state index contributed by atoms with van der Waals surface area (Å²) in [6, 6.07) is 9.52. The van der Waals surface area contributed by atoms with Gasteiger partial charge in [-0.2, -0.15) is 5.26 Å². The van der Waals surface area contributed by atoms with E-state index in [2.05, 4.69) is 5.32 Å². The van der Waals surface area contributed by atoms with E-state index in [4.69, 9.17) is 4.74 Å². The summed E-state index contributed by atoms with van der Waals surface area (Å²) in [6.07, 6.45) is 0. The highest BCUT2D eigenvalue weighted by Gasteiger charge is 2.24. The lowest BCUT2D eigenvalue weighted by Crippen LogP contribution is -2.22. The van der Waals surface area contributed by atoms with Crippen LogP contribution in [0.25, 0.3) is 0 Å². The highest BCUT2D eigenvalue weighted by Crippen LogP contribution is 2.33. The van der Waals surface area contributed by atoms with Gasteiger partial charge in [0.2, 0.25) is 5.91 Å². The Morgan fingerprint density at radius 3 is 2.50 bits per heavy atom. The molecule has 0 atom stereocenters. The highest BCUT2D eigenvalue weighted by atomic mass is 32.2. The maximum absolute atomic E-state index is 12.3. The van der Waals surface area contributed by atoms with Crippen molar-refractivity contribution in [2.24, 2.45) is 0 Å². The molecule has 0 aliphatic rings. The predicted molar refractivity (Wildman–Crippen MR) is 96.9 cm³/mol. The lowest BCUT2D eigenvalue weighted by molar-refractivity contribution is -0.113. The van der Waals surface area contributed by atoms with Crippen LogP contribution in [0.5, 0.6) is 0 Å². The molecule has 1 aromatic carbocycles. The van der Waals surface area contributed by atoms with Gasteiger partial charge < -0.3 is 10.1 Å². The highest BCUT2D eigenvalue weighted by molar-refractivity contribution is 7.92. The van der Waals surface area contributed by atoms with Crippen molar-refractivity contribution >= 4 is 38.1 Å². The number of hydrogen-bond donors (Lipinski definition) is 1. The van der Waals surface area contributed by atoms with Crippen LogP contribution in [-0.4, -0.2) is 32.7 Å². The second-order valence-electron chi connectivity index (χ2n) is 5.21. The van der Waals surface area contributed by atoms with E-state index in [1.807, 2.05) is 6.07 Å². The first-order chi connectivity index (χ1) is 12.3. The van der Waals surface area contributed by atoms with Crippen LogP contribution in [0.3, 0.4) is 0 Å². The topological polar surface area (TPSA) is 113 Å². The van der Waals surface area contributed by atoms with E-state index >= 15 is 0 Å². The fraction of sp³-hybridized carbons (Fsp3) is 0.235. The number of carbonyl (C=O) groups is 2. The van der Waals surface area contributed by atoms with Crippen LogP contribution in [-0.2, 0) is 19.4 Å². The van der Waals surface area contributed by atoms with Gasteiger partial charge in [-0.15, -0.1) is 11.3 Å². The Balaban J connectivity index is 2.23. The van der Waals surface area contributed by atoms with Gasteiger partial charge in [0.05, 0.1) is 17.1 Å². The number of esters is 1. The largest absolute Gasteiger partial charge is 0.462 e. The van der Waals surface area contributed by atoms with Gasteiger partial charge in [0.1, 0.15) is 21.7 Å². The second kappa shape index (κ2) is 8.12. The Morgan fingerprint density at radius 1 is 1.27 bits per heavy atom. The van der Waals surface area contributed by atoms with Crippen LogP contribution in [0.2, 0.25) is 0 Å². The van der Waals surface area contributed by atoms with Gasteiger partial charge >= 0.3 is 5.97 Å². The summed E-state index contributed by atoms with van der Waals surface area (Å²) >= 11 is 0.885. The Kier molecular flexibility index (Phi) is 6.13. The molecule has 136 valence electrons. The third-order valence-corrected chi connectivity index (χ3v) is 6.22. The zero-order valence-corrected chi connectivity index (χ0v) is 15.7. The maximum atomic E-state index is 12.3. The van der Waals surface area contributed by atoms with Crippen molar-refractivity contribution < 1.29 is 22.7 Å². The third-order valence-electron chi connectivity index (χ3n) is 3.40. The zero-order valence-electron chi connectivity index (χ0n) is 14.1. The molecule has 0 aliphatic heterocycles. The molecule has 26 heavy (non-hydrogen) atoms. The van der Waals surface area contributed by atoms with Gasteiger partial charge in [0, 0.05) is 0 Å². The lowest BCUT2D eigenvalue weighted by atomic mass is 10.2. The summed E-state index contributed by atoms with van der Waals surface area (Å²) in [5, 5.41) is 11.8. The van der Waals surface area contributed by atoms with E-state index in [1.165, 1.54) is 12.1 Å². The number of amides is 1. The Labute approximate surface area is 155 Å². The lowest BCUT2D eigenvalue weighted by Gasteiger charge is -2.05. The number of nitrogens with zero attached hydrogens (tertiary/aromatic N) is 1. The number of hydrogen-bond acceptors (Lipinski definition) is 7. The first kappa shape index (κ1) is 19.6. The molecule has 0 fully saturated rings. The smallest absolute Gasteiger partial charge is 0.348 e. The predicted octanol–water partition coefficient (Wildman–Crippen LogP) is 2.52. The minimum atomic E-state index is -3.81. The number of benzene rings is 1. The van der Waals surface area contributed by atoms with Gasteiger partial charge in [-0.05, 0) is 31.5 Å². The maximum Gasteiger partial charge on any atom is 0.348 e. The fourth-order valence-corrected chi connectivity index (χ4v) is 4.40. The first-order valence-corrected chi connectivity index (χ1v) is 10.0. The van der Waals surface area contributed by atoms with Crippen molar-refractivity contribution in [1.29, 1.82) is 5.26 Å². The average molecular weight is 392 g/mol. The number of thiophene rings is 1. The normalized spacial score (nSPS) is 10.8. The van der Waals surface area contributed by atoms with Crippen molar-refractivity contribution in [3.8, 4) is 6.07 Å². The Hall–Kier alpha value is -2.70. The van der Waals surface area contributed by atoms with Crippen molar-refractivity contribution in [2.75, 3.05) is 17.7 Å². The molecule has 0 aliphatic carbocycles. The fourth-order valence-electron chi connectivity index (χ4n) is 2.17. The monoisotopic (exact) mass is 392 g/mol. The molecule has 9 heteroatoms. The molecule has 2 aromatic rings. The van der Waals surface area contributed by atoms with Gasteiger partial charge in [-0.25, -0.2) is 13.2 Å². The number of nitrogens with one attached hydrogen (secondary N) is 1. The van der Waals surface area contributed by atoms with E-state index in [9.17, 15) is 23.3 Å². The summed E-state index contributed by atoms with van der Waals surface area (Å²) in [6.45, 7) is 3.40. The molecular weight excluding hydrogens is 376 g/mol. The number of anilines is 1. The van der Waals surface area contributed by atoms with E-state index in [-0.39, 0.29) is 26.9 Å². The van der Waals surface area contributed by atoms with Crippen LogP contribution in [0.4, 0.5) is 5.00 Å². The number of carbonyl (C=O) groups excluding carboxylic acids is 2. The molecule has 2 rings (SSSR count). The van der Waals surface area contributed by atoms with Gasteiger partial charge in [-0.1, -0.05) is 18.2 Å². The first-order valence-electron chi connectivity index (χ1n) is 7.58. The molecule has 1 amide bonds. The molecule has 1 aromatic heterocycles. The van der Waals surface area contributed by atoms with Crippen molar-refractivity contribution in [2.45, 2.75) is 18.7 Å². The average Bonchev–Trinajstić information content (AvgIpc) is 2.90. The summed E-state index contributed by atoms with van der Waals surface area (Å²) in [4.78, 5) is 24.3. The van der Waals surface area contributed by atoms with E-state index in [0.717, 1.165) is 11.3 Å². The van der Waals surface area contributed by atoms with Gasteiger partial charge in [0.25, 0.3) is 0 Å². The van der Waals surface area contributed by atoms with Crippen molar-refractivity contribution in [1.82, 2.24) is 0 Å². The van der Waals surface area contributed by atoms with Crippen LogP contribution in [0.1, 0.15) is 27.7 Å². The summed E-state index contributed by atoms with van der Waals surface area (Å²) < 4.78 is 29.4. The van der Waals surface area contributed by atoms with Gasteiger partial charge in [0.15, 0.2) is 9.84 Å². The number of nitriles is 1. The van der Waals surface area contributed by atoms with Crippen LogP contribution in [0, 0.1) is 18.3 Å². The Bertz CT molecular complexity index is 973. The number of ether oxygens (including phenoxy) is 1. The minimum absolute atomic E-state index is 0.0326.